The van der Waals surface area contributed by atoms with Gasteiger partial charge in [-0.3, -0.25) is 0 Å². The summed E-state index contributed by atoms with van der Waals surface area (Å²) >= 11 is 0. The molecule has 0 bridgehead atoms. The number of benzene rings is 2. The molecular formula is C16H16O3. The molecule has 0 aliphatic heterocycles. The van der Waals surface area contributed by atoms with Crippen LogP contribution in [0.15, 0.2) is 60.7 Å². The number of hydrogen-bond donors (Lipinski definition) is 1. The zero-order valence-corrected chi connectivity index (χ0v) is 10.5. The third kappa shape index (κ3) is 4.23. The molecule has 1 N–H and O–H groups in total. The van der Waals surface area contributed by atoms with Crippen LogP contribution in [0.5, 0.6) is 0 Å². The Hall–Kier alpha value is -2.13. The van der Waals surface area contributed by atoms with Gasteiger partial charge in [-0.05, 0) is 11.1 Å². The summed E-state index contributed by atoms with van der Waals surface area (Å²) in [4.78, 5) is 10.7. The van der Waals surface area contributed by atoms with Gasteiger partial charge in [0.15, 0.2) is 0 Å². The Kier molecular flexibility index (Phi) is 4.70. The predicted molar refractivity (Wildman–Crippen MR) is 72.9 cm³/mol. The third-order valence-corrected chi connectivity index (χ3v) is 2.84. The fourth-order valence-corrected chi connectivity index (χ4v) is 1.94. The van der Waals surface area contributed by atoms with Gasteiger partial charge in [0.1, 0.15) is 6.61 Å². The summed E-state index contributed by atoms with van der Waals surface area (Å²) in [6.07, 6.45) is 0.428. The lowest BCUT2D eigenvalue weighted by Gasteiger charge is -2.17. The first-order valence-electron chi connectivity index (χ1n) is 6.18. The second-order valence-electron chi connectivity index (χ2n) is 4.29. The molecule has 2 aromatic carbocycles. The number of carboxylic acid groups (broad SMARTS) is 1. The first-order chi connectivity index (χ1) is 9.25. The molecule has 2 aromatic rings. The van der Waals surface area contributed by atoms with E-state index in [1.807, 2.05) is 60.7 Å². The van der Waals surface area contributed by atoms with Gasteiger partial charge in [0, 0.05) is 6.42 Å². The molecule has 3 heteroatoms. The SMILES string of the molecule is O=C(O)COC(Cc1ccccc1)c1ccccc1. The molecule has 0 aliphatic rings. The number of rotatable bonds is 6. The molecule has 0 heterocycles. The number of ether oxygens (including phenoxy) is 1. The summed E-state index contributed by atoms with van der Waals surface area (Å²) in [6, 6.07) is 19.6. The van der Waals surface area contributed by atoms with E-state index in [0.717, 1.165) is 11.1 Å². The average molecular weight is 256 g/mol. The highest BCUT2D eigenvalue weighted by atomic mass is 16.5. The van der Waals surface area contributed by atoms with Gasteiger partial charge in [-0.15, -0.1) is 0 Å². The maximum atomic E-state index is 10.7. The normalized spacial score (nSPS) is 12.0. The topological polar surface area (TPSA) is 46.5 Å². The molecule has 0 aliphatic carbocycles. The third-order valence-electron chi connectivity index (χ3n) is 2.84. The van der Waals surface area contributed by atoms with Crippen LogP contribution in [0.25, 0.3) is 0 Å². The van der Waals surface area contributed by atoms with Gasteiger partial charge in [0.2, 0.25) is 0 Å². The van der Waals surface area contributed by atoms with Gasteiger partial charge in [0.25, 0.3) is 0 Å². The number of aliphatic carboxylic acids is 1. The lowest BCUT2D eigenvalue weighted by Crippen LogP contribution is -2.14. The lowest BCUT2D eigenvalue weighted by atomic mass is 10.0. The molecule has 1 atom stereocenters. The minimum absolute atomic E-state index is 0.236. The van der Waals surface area contributed by atoms with Gasteiger partial charge in [-0.25, -0.2) is 4.79 Å². The van der Waals surface area contributed by atoms with Crippen LogP contribution < -0.4 is 0 Å². The van der Waals surface area contributed by atoms with Crippen LogP contribution in [0.1, 0.15) is 17.2 Å². The van der Waals surface area contributed by atoms with Crippen LogP contribution in [0.3, 0.4) is 0 Å². The monoisotopic (exact) mass is 256 g/mol. The van der Waals surface area contributed by atoms with E-state index in [9.17, 15) is 4.79 Å². The summed E-state index contributed by atoms with van der Waals surface area (Å²) in [5.41, 5.74) is 2.12. The van der Waals surface area contributed by atoms with E-state index in [0.29, 0.717) is 6.42 Å². The Labute approximate surface area is 112 Å². The van der Waals surface area contributed by atoms with Gasteiger partial charge >= 0.3 is 5.97 Å². The van der Waals surface area contributed by atoms with Gasteiger partial charge in [0.05, 0.1) is 6.10 Å². The van der Waals surface area contributed by atoms with Crippen molar-refractivity contribution in [2.45, 2.75) is 12.5 Å². The van der Waals surface area contributed by atoms with E-state index in [4.69, 9.17) is 9.84 Å². The van der Waals surface area contributed by atoms with Crippen LogP contribution in [-0.2, 0) is 16.0 Å². The predicted octanol–water partition coefficient (Wildman–Crippen LogP) is 3.07. The highest BCUT2D eigenvalue weighted by Gasteiger charge is 2.14. The average Bonchev–Trinajstić information content (AvgIpc) is 2.45. The van der Waals surface area contributed by atoms with Crippen LogP contribution in [0.4, 0.5) is 0 Å². The molecule has 0 amide bonds. The molecule has 0 saturated carbocycles. The fraction of sp³-hybridized carbons (Fsp3) is 0.188. The van der Waals surface area contributed by atoms with Crippen molar-refractivity contribution >= 4 is 5.97 Å². The Morgan fingerprint density at radius 2 is 1.58 bits per heavy atom. The van der Waals surface area contributed by atoms with Crippen molar-refractivity contribution < 1.29 is 14.6 Å². The summed E-state index contributed by atoms with van der Waals surface area (Å²) in [5.74, 6) is -0.950. The van der Waals surface area contributed by atoms with Crippen LogP contribution in [-0.4, -0.2) is 17.7 Å². The maximum Gasteiger partial charge on any atom is 0.329 e. The molecule has 98 valence electrons. The zero-order chi connectivity index (χ0) is 13.5. The van der Waals surface area contributed by atoms with E-state index in [1.54, 1.807) is 0 Å². The second kappa shape index (κ2) is 6.71. The quantitative estimate of drug-likeness (QED) is 0.864. The Morgan fingerprint density at radius 1 is 1.00 bits per heavy atom. The molecule has 0 saturated heterocycles. The minimum atomic E-state index is -0.950. The fourth-order valence-electron chi connectivity index (χ4n) is 1.94. The van der Waals surface area contributed by atoms with Gasteiger partial charge in [-0.2, -0.15) is 0 Å². The standard InChI is InChI=1S/C16H16O3/c17-16(18)12-19-15(14-9-5-2-6-10-14)11-13-7-3-1-4-8-13/h1-10,15H,11-12H2,(H,17,18). The van der Waals surface area contributed by atoms with Crippen molar-refractivity contribution in [1.82, 2.24) is 0 Å². The highest BCUT2D eigenvalue weighted by Crippen LogP contribution is 2.22. The summed E-state index contributed by atoms with van der Waals surface area (Å²) in [5, 5.41) is 8.75. The molecular weight excluding hydrogens is 240 g/mol. The Balaban J connectivity index is 2.12. The molecule has 0 radical (unpaired) electrons. The Morgan fingerprint density at radius 3 is 2.16 bits per heavy atom. The van der Waals surface area contributed by atoms with E-state index in [-0.39, 0.29) is 12.7 Å². The van der Waals surface area contributed by atoms with E-state index >= 15 is 0 Å². The smallest absolute Gasteiger partial charge is 0.329 e. The zero-order valence-electron chi connectivity index (χ0n) is 10.5. The summed E-state index contributed by atoms with van der Waals surface area (Å²) in [6.45, 7) is -0.285. The molecule has 19 heavy (non-hydrogen) atoms. The molecule has 3 nitrogen and oxygen atoms in total. The highest BCUT2D eigenvalue weighted by molar-refractivity contribution is 5.68. The van der Waals surface area contributed by atoms with Crippen LogP contribution in [0.2, 0.25) is 0 Å². The number of carbonyl (C=O) groups is 1. The molecule has 1 unspecified atom stereocenters. The molecule has 0 spiro atoms. The Bertz CT molecular complexity index is 508. The second-order valence-corrected chi connectivity index (χ2v) is 4.29. The van der Waals surface area contributed by atoms with Crippen molar-refractivity contribution in [3.05, 3.63) is 71.8 Å². The summed E-state index contributed by atoms with van der Waals surface area (Å²) < 4.78 is 5.49. The molecule has 0 aromatic heterocycles. The lowest BCUT2D eigenvalue weighted by molar-refractivity contribution is -0.144. The van der Waals surface area contributed by atoms with Crippen molar-refractivity contribution in [2.24, 2.45) is 0 Å². The maximum absolute atomic E-state index is 10.7. The largest absolute Gasteiger partial charge is 0.480 e. The van der Waals surface area contributed by atoms with Crippen molar-refractivity contribution in [2.75, 3.05) is 6.61 Å². The van der Waals surface area contributed by atoms with Crippen LogP contribution >= 0.6 is 0 Å². The first kappa shape index (κ1) is 13.3. The van der Waals surface area contributed by atoms with E-state index in [2.05, 4.69) is 0 Å². The molecule has 2 rings (SSSR count). The van der Waals surface area contributed by atoms with Gasteiger partial charge < -0.3 is 9.84 Å². The molecule has 0 fully saturated rings. The van der Waals surface area contributed by atoms with Gasteiger partial charge in [-0.1, -0.05) is 60.7 Å². The van der Waals surface area contributed by atoms with Crippen LogP contribution in [0, 0.1) is 0 Å². The first-order valence-corrected chi connectivity index (χ1v) is 6.18. The minimum Gasteiger partial charge on any atom is -0.480 e. The van der Waals surface area contributed by atoms with Crippen molar-refractivity contribution in [3.63, 3.8) is 0 Å². The van der Waals surface area contributed by atoms with Crippen molar-refractivity contribution in [3.8, 4) is 0 Å². The number of hydrogen-bond acceptors (Lipinski definition) is 2. The summed E-state index contributed by atoms with van der Waals surface area (Å²) in [7, 11) is 0. The number of carboxylic acids is 1. The van der Waals surface area contributed by atoms with E-state index < -0.39 is 5.97 Å². The van der Waals surface area contributed by atoms with Crippen molar-refractivity contribution in [1.29, 1.82) is 0 Å². The van der Waals surface area contributed by atoms with E-state index in [1.165, 1.54) is 0 Å².